The molecule has 0 unspecified atom stereocenters. The number of carbonyl (C=O) groups is 3. The number of nitrogens with zero attached hydrogens (tertiary/aromatic N) is 5. The molecule has 8 nitrogen and oxygen atoms in total. The molecule has 2 aromatic heterocycles. The number of aromatic nitrogens is 4. The fourth-order valence-corrected chi connectivity index (χ4v) is 6.46. The van der Waals surface area contributed by atoms with Gasteiger partial charge in [0, 0.05) is 35.4 Å². The molecule has 0 N–H and O–H groups in total. The van der Waals surface area contributed by atoms with Gasteiger partial charge in [0.15, 0.2) is 0 Å². The number of fused-ring (bicyclic) bond motifs is 2. The van der Waals surface area contributed by atoms with E-state index in [9.17, 15) is 67.1 Å². The lowest BCUT2D eigenvalue weighted by Crippen LogP contribution is -2.16. The van der Waals surface area contributed by atoms with Gasteiger partial charge in [-0.3, -0.25) is 23.7 Å². The van der Waals surface area contributed by atoms with Gasteiger partial charge in [-0.25, -0.2) is 3.93 Å². The van der Waals surface area contributed by atoms with Crippen LogP contribution in [0.15, 0.2) is 89.7 Å². The number of hydrogen-bond acceptors (Lipinski definition) is 5. The van der Waals surface area contributed by atoms with Crippen LogP contribution >= 0.6 is 32.1 Å². The van der Waals surface area contributed by atoms with E-state index in [4.69, 9.17) is 0 Å². The first-order valence-electron chi connectivity index (χ1n) is 16.5. The summed E-state index contributed by atoms with van der Waals surface area (Å²) in [5.41, 5.74) is -4.65. The number of aldehydes is 1. The summed E-state index contributed by atoms with van der Waals surface area (Å²) in [6, 6.07) is 14.6. The molecule has 59 heavy (non-hydrogen) atoms. The zero-order valence-corrected chi connectivity index (χ0v) is 32.4. The fourth-order valence-electron chi connectivity index (χ4n) is 5.59. The van der Waals surface area contributed by atoms with E-state index in [1.807, 2.05) is 0 Å². The first-order valence-corrected chi connectivity index (χ1v) is 18.0. The highest BCUT2D eigenvalue weighted by Gasteiger charge is 2.39. The number of imide groups is 1. The Balaban J connectivity index is 0.000000190. The van der Waals surface area contributed by atoms with Crippen molar-refractivity contribution in [1.82, 2.24) is 23.5 Å². The summed E-state index contributed by atoms with van der Waals surface area (Å²) < 4.78 is 159. The van der Waals surface area contributed by atoms with Gasteiger partial charge in [0.05, 0.1) is 62.5 Å². The van der Waals surface area contributed by atoms with Crippen LogP contribution in [0, 0.1) is 0 Å². The maximum Gasteiger partial charge on any atom is 0.416 e. The molecule has 7 rings (SSSR count). The second kappa shape index (κ2) is 17.2. The molecule has 1 fully saturated rings. The molecule has 3 heterocycles. The lowest BCUT2D eigenvalue weighted by Gasteiger charge is -2.16. The van der Waals surface area contributed by atoms with Crippen LogP contribution in [0.5, 0.6) is 0 Å². The first kappa shape index (κ1) is 44.8. The minimum absolute atomic E-state index is 0.0942. The van der Waals surface area contributed by atoms with Crippen molar-refractivity contribution in [3.63, 3.8) is 0 Å². The van der Waals surface area contributed by atoms with E-state index >= 15 is 0 Å². The number of alkyl halides is 12. The van der Waals surface area contributed by atoms with Crippen molar-refractivity contribution < 1.29 is 67.1 Å². The molecule has 2 amide bonds. The van der Waals surface area contributed by atoms with Gasteiger partial charge in [-0.05, 0) is 75.6 Å². The third-order valence-electron chi connectivity index (χ3n) is 8.42. The number of rotatable bonds is 5. The van der Waals surface area contributed by atoms with E-state index in [1.165, 1.54) is 27.6 Å². The van der Waals surface area contributed by atoms with Crippen molar-refractivity contribution in [2.45, 2.75) is 50.6 Å². The standard InChI is InChI=1S/C17H9BrF6N2O.C16H10F6N2.C4H4BrNO2/c18-15-12-5-9(8-27)1-4-14(12)25-26(15)7-10-2-3-11(16(19,20)21)6-13(10)17(22,23)24;17-15(18,19)12-6-5-10(13(7-12)16(20,21)22)8-24-9-11-3-1-2-4-14(11)23-24;5-6-3(7)1-2-4(6)8/h1-6,8H,7H2;1-7,9H,8H2;1-2H2. The minimum atomic E-state index is -4.96. The maximum atomic E-state index is 13.3. The van der Waals surface area contributed by atoms with E-state index in [-0.39, 0.29) is 41.6 Å². The second-order valence-corrected chi connectivity index (χ2v) is 14.0. The zero-order valence-electron chi connectivity index (χ0n) is 29.2. The van der Waals surface area contributed by atoms with E-state index < -0.39 is 53.5 Å². The van der Waals surface area contributed by atoms with E-state index in [1.54, 1.807) is 30.5 Å². The normalized spacial score (nSPS) is 13.7. The van der Waals surface area contributed by atoms with Crippen LogP contribution < -0.4 is 0 Å². The van der Waals surface area contributed by atoms with Crippen LogP contribution in [-0.2, 0) is 47.4 Å². The summed E-state index contributed by atoms with van der Waals surface area (Å²) in [4.78, 5) is 31.8. The third kappa shape index (κ3) is 10.9. The first-order chi connectivity index (χ1) is 27.4. The minimum Gasteiger partial charge on any atom is -0.298 e. The van der Waals surface area contributed by atoms with Crippen molar-refractivity contribution in [1.29, 1.82) is 0 Å². The van der Waals surface area contributed by atoms with Crippen molar-refractivity contribution >= 4 is 72.0 Å². The summed E-state index contributed by atoms with van der Waals surface area (Å²) in [6.45, 7) is -0.680. The molecule has 0 atom stereocenters. The average molecular weight is 973 g/mol. The number of carbonyl (C=O) groups excluding carboxylic acids is 3. The van der Waals surface area contributed by atoms with Crippen LogP contribution in [0.3, 0.4) is 0 Å². The predicted molar refractivity (Wildman–Crippen MR) is 194 cm³/mol. The van der Waals surface area contributed by atoms with E-state index in [2.05, 4.69) is 42.3 Å². The molecule has 22 heteroatoms. The molecule has 1 saturated heterocycles. The molecular formula is C37H23Br2F12N5O3. The molecule has 1 aliphatic rings. The van der Waals surface area contributed by atoms with Gasteiger partial charge in [-0.15, -0.1) is 0 Å². The summed E-state index contributed by atoms with van der Waals surface area (Å²) >= 11 is 6.02. The van der Waals surface area contributed by atoms with Gasteiger partial charge in [0.25, 0.3) is 0 Å². The highest BCUT2D eigenvalue weighted by atomic mass is 79.9. The molecule has 0 spiro atoms. The van der Waals surface area contributed by atoms with Gasteiger partial charge in [-0.1, -0.05) is 30.3 Å². The van der Waals surface area contributed by atoms with Gasteiger partial charge < -0.3 is 0 Å². The molecule has 4 aromatic carbocycles. The Hall–Kier alpha value is -5.25. The lowest BCUT2D eigenvalue weighted by atomic mass is 10.0. The van der Waals surface area contributed by atoms with Crippen LogP contribution in [-0.4, -0.2) is 41.6 Å². The fraction of sp³-hybridized carbons (Fsp3) is 0.216. The Bertz CT molecular complexity index is 2480. The summed E-state index contributed by atoms with van der Waals surface area (Å²) in [5, 5.41) is 9.51. The number of amides is 2. The Morgan fingerprint density at radius 2 is 1.15 bits per heavy atom. The second-order valence-electron chi connectivity index (χ2n) is 12.5. The van der Waals surface area contributed by atoms with Crippen molar-refractivity contribution in [2.24, 2.45) is 0 Å². The van der Waals surface area contributed by atoms with E-state index in [0.717, 1.165) is 21.4 Å². The van der Waals surface area contributed by atoms with Crippen LogP contribution in [0.1, 0.15) is 56.6 Å². The molecule has 0 aliphatic carbocycles. The largest absolute Gasteiger partial charge is 0.416 e. The van der Waals surface area contributed by atoms with E-state index in [0.29, 0.717) is 57.8 Å². The number of benzene rings is 4. The third-order valence-corrected chi connectivity index (χ3v) is 10.1. The lowest BCUT2D eigenvalue weighted by molar-refractivity contribution is -0.145. The molecule has 0 radical (unpaired) electrons. The molecule has 1 aliphatic heterocycles. The van der Waals surface area contributed by atoms with Crippen molar-refractivity contribution in [2.75, 3.05) is 0 Å². The van der Waals surface area contributed by atoms with Gasteiger partial charge in [0.1, 0.15) is 10.9 Å². The maximum absolute atomic E-state index is 13.3. The Morgan fingerprint density at radius 1 is 0.627 bits per heavy atom. The highest BCUT2D eigenvalue weighted by Crippen LogP contribution is 2.39. The Kier molecular flexibility index (Phi) is 13.0. The van der Waals surface area contributed by atoms with Gasteiger partial charge in [0.2, 0.25) is 11.8 Å². The van der Waals surface area contributed by atoms with Crippen LogP contribution in [0.2, 0.25) is 0 Å². The predicted octanol–water partition coefficient (Wildman–Crippen LogP) is 11.3. The molecule has 6 aromatic rings. The monoisotopic (exact) mass is 971 g/mol. The van der Waals surface area contributed by atoms with Gasteiger partial charge >= 0.3 is 24.7 Å². The van der Waals surface area contributed by atoms with Gasteiger partial charge in [-0.2, -0.15) is 62.9 Å². The topological polar surface area (TPSA) is 90.1 Å². The highest BCUT2D eigenvalue weighted by molar-refractivity contribution is 9.10. The van der Waals surface area contributed by atoms with Crippen molar-refractivity contribution in [3.05, 3.63) is 129 Å². The Morgan fingerprint density at radius 3 is 1.61 bits per heavy atom. The number of halogens is 14. The smallest absolute Gasteiger partial charge is 0.298 e. The quantitative estimate of drug-likeness (QED) is 0.0743. The summed E-state index contributed by atoms with van der Waals surface area (Å²) in [7, 11) is 0. The summed E-state index contributed by atoms with van der Waals surface area (Å²) in [5.74, 6) is -0.287. The molecule has 0 bridgehead atoms. The summed E-state index contributed by atoms with van der Waals surface area (Å²) in [6.07, 6.45) is -16.7. The van der Waals surface area contributed by atoms with Crippen LogP contribution in [0.25, 0.3) is 21.8 Å². The van der Waals surface area contributed by atoms with Crippen molar-refractivity contribution in [3.8, 4) is 0 Å². The van der Waals surface area contributed by atoms with Crippen LogP contribution in [0.4, 0.5) is 52.7 Å². The average Bonchev–Trinajstić information content (AvgIpc) is 3.80. The SMILES string of the molecule is FC(F)(F)c1ccc(Cn2cc3ccccc3n2)c(C(F)(F)F)c1.O=C1CCC(=O)N1Br.O=Cc1ccc2nn(Cc3ccc(C(F)(F)F)cc3C(F)(F)F)c(Br)c2c1. The zero-order chi connectivity index (χ0) is 43.7. The molecule has 312 valence electrons. The molecule has 0 saturated carbocycles. The number of hydrogen-bond donors (Lipinski definition) is 0. The molecular weight excluding hydrogens is 950 g/mol. The Labute approximate surface area is 340 Å².